The number of carbonyl (C=O) groups is 1. The van der Waals surface area contributed by atoms with Crippen molar-refractivity contribution in [2.75, 3.05) is 6.61 Å². The summed E-state index contributed by atoms with van der Waals surface area (Å²) >= 11 is 0. The van der Waals surface area contributed by atoms with Gasteiger partial charge in [0.1, 0.15) is 5.75 Å². The van der Waals surface area contributed by atoms with Crippen molar-refractivity contribution in [3.05, 3.63) is 123 Å². The van der Waals surface area contributed by atoms with E-state index >= 15 is 0 Å². The maximum atomic E-state index is 13.6. The molecule has 5 aliphatic rings. The van der Waals surface area contributed by atoms with E-state index in [4.69, 9.17) is 0 Å². The molecule has 278 valence electrons. The summed E-state index contributed by atoms with van der Waals surface area (Å²) in [5, 5.41) is 33.5. The second-order valence-electron chi connectivity index (χ2n) is 17.3. The van der Waals surface area contributed by atoms with Gasteiger partial charge in [0.05, 0.1) is 12.5 Å². The lowest BCUT2D eigenvalue weighted by Gasteiger charge is -2.55. The van der Waals surface area contributed by atoms with Crippen LogP contribution in [0.1, 0.15) is 112 Å². The molecule has 0 unspecified atom stereocenters. The van der Waals surface area contributed by atoms with Crippen molar-refractivity contribution in [2.24, 2.45) is 35.5 Å². The second kappa shape index (κ2) is 15.8. The van der Waals surface area contributed by atoms with Crippen LogP contribution in [0.4, 0.5) is 0 Å². The molecule has 8 rings (SSSR count). The largest absolute Gasteiger partial charge is 0.508 e. The van der Waals surface area contributed by atoms with Crippen LogP contribution >= 0.6 is 0 Å². The zero-order chi connectivity index (χ0) is 36.4. The minimum atomic E-state index is -0.646. The Balaban J connectivity index is 1.09. The van der Waals surface area contributed by atoms with E-state index in [-0.39, 0.29) is 6.61 Å². The molecule has 3 aromatic carbocycles. The lowest BCUT2D eigenvalue weighted by atomic mass is 9.47. The molecule has 53 heavy (non-hydrogen) atoms. The number of phenols is 1. The smallest absolute Gasteiger partial charge is 0.307 e. The molecule has 5 aliphatic carbocycles. The standard InChI is InChI=1S/C49H58O4/c50-32-35-16-15-33(25-35)9-3-1-2-4-10-36-11-7-8-14-46(48(52)53)49-31-42-29-40-13-6-5-12-39(40)28-41(42)30-43(49)22-19-38-18-17-34(27-47(38)49)26-45(36)37-20-23-44(51)24-21-37/h5-8,12-13,17-18,20-21,23-25,27-29,33,36,41-43,45-46,50-51H,1-4,9-11,14-16,19,22,26,30-32H2,(H,52,53)/b8-7+/t33-,36+,41+,42-,43-,45-,46+,49-/m0/s1. The fraction of sp³-hybridized carbons (Fsp3) is 0.490. The maximum Gasteiger partial charge on any atom is 0.307 e. The number of hydrogen-bond donors (Lipinski definition) is 3. The molecule has 0 saturated heterocycles. The summed E-state index contributed by atoms with van der Waals surface area (Å²) in [4.78, 5) is 13.6. The number of carboxylic acids is 1. The number of aliphatic hydroxyl groups excluding tert-OH is 1. The number of aliphatic carboxylic acids is 1. The first-order valence-corrected chi connectivity index (χ1v) is 20.8. The first-order chi connectivity index (χ1) is 25.9. The third-order valence-corrected chi connectivity index (χ3v) is 14.3. The van der Waals surface area contributed by atoms with Crippen molar-refractivity contribution in [2.45, 2.75) is 108 Å². The van der Waals surface area contributed by atoms with Crippen LogP contribution in [0.2, 0.25) is 0 Å². The predicted molar refractivity (Wildman–Crippen MR) is 214 cm³/mol. The lowest BCUT2D eigenvalue weighted by Crippen LogP contribution is -2.54. The first-order valence-electron chi connectivity index (χ1n) is 20.8. The Morgan fingerprint density at radius 2 is 1.55 bits per heavy atom. The molecule has 0 aliphatic heterocycles. The van der Waals surface area contributed by atoms with Gasteiger partial charge in [-0.05, 0) is 157 Å². The first kappa shape index (κ1) is 36.1. The fourth-order valence-corrected chi connectivity index (χ4v) is 11.6. The van der Waals surface area contributed by atoms with Crippen molar-refractivity contribution in [3.8, 4) is 5.75 Å². The van der Waals surface area contributed by atoms with E-state index in [0.717, 1.165) is 51.4 Å². The second-order valence-corrected chi connectivity index (χ2v) is 17.3. The number of hydrogen-bond acceptors (Lipinski definition) is 3. The van der Waals surface area contributed by atoms with Gasteiger partial charge in [-0.15, -0.1) is 0 Å². The quantitative estimate of drug-likeness (QED) is 0.145. The summed E-state index contributed by atoms with van der Waals surface area (Å²) in [5.74, 6) is 1.68. The Bertz CT molecular complexity index is 1950. The minimum absolute atomic E-state index is 0.215. The van der Waals surface area contributed by atoms with E-state index < -0.39 is 17.3 Å². The third kappa shape index (κ3) is 7.46. The summed E-state index contributed by atoms with van der Waals surface area (Å²) in [6.07, 6.45) is 27.7. The van der Waals surface area contributed by atoms with E-state index in [1.807, 2.05) is 12.1 Å². The van der Waals surface area contributed by atoms with Gasteiger partial charge in [0.2, 0.25) is 0 Å². The van der Waals surface area contributed by atoms with Gasteiger partial charge in [0.25, 0.3) is 0 Å². The average molecular weight is 711 g/mol. The van der Waals surface area contributed by atoms with Crippen LogP contribution in [0, 0.1) is 35.5 Å². The molecule has 2 bridgehead atoms. The zero-order valence-electron chi connectivity index (χ0n) is 31.3. The number of unbranched alkanes of at least 4 members (excludes halogenated alkanes) is 3. The van der Waals surface area contributed by atoms with Crippen molar-refractivity contribution in [1.29, 1.82) is 0 Å². The van der Waals surface area contributed by atoms with E-state index in [9.17, 15) is 20.1 Å². The Hall–Kier alpha value is -3.89. The number of aliphatic hydroxyl groups is 1. The van der Waals surface area contributed by atoms with Gasteiger partial charge in [-0.2, -0.15) is 0 Å². The molecule has 0 radical (unpaired) electrons. The molecule has 3 aromatic rings. The Morgan fingerprint density at radius 1 is 0.792 bits per heavy atom. The van der Waals surface area contributed by atoms with E-state index in [0.29, 0.717) is 47.7 Å². The summed E-state index contributed by atoms with van der Waals surface area (Å²) < 4.78 is 0. The molecule has 4 heteroatoms. The van der Waals surface area contributed by atoms with Crippen LogP contribution < -0.4 is 10.4 Å². The number of benzene rings is 3. The third-order valence-electron chi connectivity index (χ3n) is 14.3. The van der Waals surface area contributed by atoms with Crippen LogP contribution in [-0.4, -0.2) is 27.9 Å². The van der Waals surface area contributed by atoms with Gasteiger partial charge in [-0.25, -0.2) is 0 Å². The molecule has 3 N–H and O–H groups in total. The average Bonchev–Trinajstić information content (AvgIpc) is 3.63. The lowest BCUT2D eigenvalue weighted by molar-refractivity contribution is -0.147. The van der Waals surface area contributed by atoms with Crippen molar-refractivity contribution < 1.29 is 20.1 Å². The number of phenolic OH excluding ortho intramolecular Hbond substituents is 1. The van der Waals surface area contributed by atoms with Gasteiger partial charge >= 0.3 is 5.97 Å². The van der Waals surface area contributed by atoms with Crippen LogP contribution in [0.15, 0.2) is 90.5 Å². The van der Waals surface area contributed by atoms with E-state index in [1.165, 1.54) is 76.8 Å². The molecule has 0 aromatic heterocycles. The molecule has 0 heterocycles. The number of aromatic hydroxyl groups is 1. The molecule has 0 amide bonds. The Labute approximate surface area is 316 Å². The maximum absolute atomic E-state index is 13.6. The molecule has 1 saturated carbocycles. The zero-order valence-corrected chi connectivity index (χ0v) is 31.3. The van der Waals surface area contributed by atoms with Gasteiger partial charge in [-0.1, -0.05) is 111 Å². The summed E-state index contributed by atoms with van der Waals surface area (Å²) in [7, 11) is 0. The van der Waals surface area contributed by atoms with E-state index in [2.05, 4.69) is 85.0 Å². The highest BCUT2D eigenvalue weighted by atomic mass is 16.4. The number of carboxylic acid groups (broad SMARTS) is 1. The highest BCUT2D eigenvalue weighted by molar-refractivity contribution is 5.74. The van der Waals surface area contributed by atoms with Gasteiger partial charge < -0.3 is 15.3 Å². The molecule has 1 spiro atoms. The number of allylic oxidation sites excluding steroid dienone is 3. The molecular formula is C49H58O4. The summed E-state index contributed by atoms with van der Waals surface area (Å²) in [6, 6.07) is 23.8. The monoisotopic (exact) mass is 710 g/mol. The van der Waals surface area contributed by atoms with Crippen molar-refractivity contribution in [3.63, 3.8) is 0 Å². The van der Waals surface area contributed by atoms with Crippen LogP contribution in [-0.2, 0) is 23.1 Å². The van der Waals surface area contributed by atoms with Gasteiger partial charge in [0, 0.05) is 5.41 Å². The minimum Gasteiger partial charge on any atom is -0.508 e. The highest BCUT2D eigenvalue weighted by Crippen LogP contribution is 2.59. The SMILES string of the molecule is O=C(O)[C@H]1C/C=C/C[C@@H](CCCCCC[C@@H]2C=C(CO)CC2)[C@@H](c2ccc(O)cc2)Cc2ccc3c(c2)[C@]12C[C@@H]1C=c4ccccc4=C[C@@H]1C[C@@H]2CC3. The Kier molecular flexibility index (Phi) is 10.8. The van der Waals surface area contributed by atoms with Crippen LogP contribution in [0.3, 0.4) is 0 Å². The summed E-state index contributed by atoms with van der Waals surface area (Å²) in [6.45, 7) is 0.215. The predicted octanol–water partition coefficient (Wildman–Crippen LogP) is 9.16. The van der Waals surface area contributed by atoms with Crippen LogP contribution in [0.25, 0.3) is 12.2 Å². The van der Waals surface area contributed by atoms with Crippen molar-refractivity contribution in [1.82, 2.24) is 0 Å². The number of fused-ring (bicyclic) bond motifs is 3. The number of rotatable bonds is 10. The van der Waals surface area contributed by atoms with E-state index in [1.54, 1.807) is 0 Å². The number of aryl methyl sites for hydroxylation is 1. The summed E-state index contributed by atoms with van der Waals surface area (Å²) in [5.41, 5.74) is 6.09. The molecule has 1 fully saturated rings. The van der Waals surface area contributed by atoms with Crippen molar-refractivity contribution >= 4 is 18.1 Å². The fourth-order valence-electron chi connectivity index (χ4n) is 11.6. The highest BCUT2D eigenvalue weighted by Gasteiger charge is 2.56. The molecule has 8 atom stereocenters. The normalized spacial score (nSPS) is 30.9. The molecular weight excluding hydrogens is 653 g/mol. The molecule has 4 nitrogen and oxygen atoms in total. The Morgan fingerprint density at radius 3 is 2.30 bits per heavy atom. The van der Waals surface area contributed by atoms with Gasteiger partial charge in [-0.3, -0.25) is 4.79 Å². The topological polar surface area (TPSA) is 77.8 Å². The van der Waals surface area contributed by atoms with Crippen LogP contribution in [0.5, 0.6) is 5.75 Å². The van der Waals surface area contributed by atoms with Gasteiger partial charge in [0.15, 0.2) is 0 Å².